The molecule has 2 aliphatic rings. The lowest BCUT2D eigenvalue weighted by Gasteiger charge is -2.45. The van der Waals surface area contributed by atoms with E-state index in [0.717, 1.165) is 12.0 Å². The number of amides is 3. The largest absolute Gasteiger partial charge is 0.444 e. The Bertz CT molecular complexity index is 1460. The van der Waals surface area contributed by atoms with Gasteiger partial charge in [-0.15, -0.1) is 0 Å². The minimum atomic E-state index is -0.725. The molecular formula is C39H60N6O6. The number of morpholine rings is 1. The van der Waals surface area contributed by atoms with Gasteiger partial charge in [-0.2, -0.15) is 0 Å². The van der Waals surface area contributed by atoms with Crippen LogP contribution in [0.4, 0.5) is 10.6 Å². The van der Waals surface area contributed by atoms with Gasteiger partial charge in [-0.3, -0.25) is 9.59 Å². The molecule has 3 heterocycles. The molecule has 2 saturated heterocycles. The maximum Gasteiger partial charge on any atom is 0.410 e. The summed E-state index contributed by atoms with van der Waals surface area (Å²) in [5.41, 5.74) is 0.430. The summed E-state index contributed by atoms with van der Waals surface area (Å²) in [4.78, 5) is 57.7. The summed E-state index contributed by atoms with van der Waals surface area (Å²) in [6, 6.07) is 9.51. The summed E-state index contributed by atoms with van der Waals surface area (Å²) in [7, 11) is 1.66. The highest BCUT2D eigenvalue weighted by Crippen LogP contribution is 2.30. The summed E-state index contributed by atoms with van der Waals surface area (Å²) >= 11 is 0. The van der Waals surface area contributed by atoms with E-state index in [1.54, 1.807) is 18.2 Å². The maximum absolute atomic E-state index is 14.7. The predicted octanol–water partition coefficient (Wildman–Crippen LogP) is 5.42. The van der Waals surface area contributed by atoms with Crippen molar-refractivity contribution in [3.63, 3.8) is 0 Å². The fourth-order valence-corrected chi connectivity index (χ4v) is 6.59. The minimum Gasteiger partial charge on any atom is -0.444 e. The van der Waals surface area contributed by atoms with Crippen LogP contribution in [0.5, 0.6) is 0 Å². The number of benzene rings is 1. The average molecular weight is 709 g/mol. The van der Waals surface area contributed by atoms with E-state index in [4.69, 9.17) is 19.2 Å². The highest BCUT2D eigenvalue weighted by molar-refractivity contribution is 5.98. The van der Waals surface area contributed by atoms with Crippen molar-refractivity contribution in [3.8, 4) is 0 Å². The number of piperidine rings is 1. The molecule has 2 aliphatic heterocycles. The molecule has 282 valence electrons. The molecule has 3 amide bonds. The van der Waals surface area contributed by atoms with Crippen molar-refractivity contribution >= 4 is 23.7 Å². The van der Waals surface area contributed by atoms with Crippen LogP contribution in [0, 0.1) is 11.8 Å². The van der Waals surface area contributed by atoms with Crippen molar-refractivity contribution in [1.29, 1.82) is 0 Å². The molecule has 3 atom stereocenters. The van der Waals surface area contributed by atoms with Crippen molar-refractivity contribution < 1.29 is 28.6 Å². The minimum absolute atomic E-state index is 0.0344. The van der Waals surface area contributed by atoms with Crippen molar-refractivity contribution in [2.24, 2.45) is 11.8 Å². The van der Waals surface area contributed by atoms with Crippen LogP contribution in [-0.2, 0) is 30.8 Å². The third kappa shape index (κ3) is 11.4. The van der Waals surface area contributed by atoms with E-state index in [-0.39, 0.29) is 42.3 Å². The van der Waals surface area contributed by atoms with Crippen molar-refractivity contribution in [3.05, 3.63) is 53.5 Å². The standard InChI is InChI=1S/C39H60N6O6/c1-27(2)23-45(35(47)32-22-41-36(38(3,4)5)42-33(32)40-16-13-18-49-9)30-21-29(24-43(25-30)37(48)51-39(6,7)8)34(46)44-17-19-50-26-31(44)20-28-14-11-10-12-15-28/h10-12,14-15,22,27,29-31H,13,16-21,23-26H2,1-9H3,(H,40,41,42)/t29-,30+,31?/m1/s1. The number of likely N-dealkylation sites (tertiary alicyclic amines) is 1. The molecule has 2 aromatic rings. The van der Waals surface area contributed by atoms with E-state index in [9.17, 15) is 14.4 Å². The van der Waals surface area contributed by atoms with Crippen LogP contribution in [-0.4, -0.2) is 120 Å². The van der Waals surface area contributed by atoms with Gasteiger partial charge in [0.1, 0.15) is 22.8 Å². The zero-order valence-corrected chi connectivity index (χ0v) is 32.2. The number of hydrogen-bond donors (Lipinski definition) is 1. The quantitative estimate of drug-likeness (QED) is 0.288. The molecule has 1 unspecified atom stereocenters. The van der Waals surface area contributed by atoms with E-state index in [2.05, 4.69) is 36.3 Å². The van der Waals surface area contributed by atoms with E-state index in [1.807, 2.05) is 69.5 Å². The molecule has 0 spiro atoms. The highest BCUT2D eigenvalue weighted by atomic mass is 16.6. The Morgan fingerprint density at radius 3 is 2.45 bits per heavy atom. The molecule has 2 fully saturated rings. The lowest BCUT2D eigenvalue weighted by atomic mass is 9.90. The molecule has 1 N–H and O–H groups in total. The Hall–Kier alpha value is -3.77. The second-order valence-electron chi connectivity index (χ2n) is 16.3. The predicted molar refractivity (Wildman–Crippen MR) is 198 cm³/mol. The Labute approximate surface area is 304 Å². The first kappa shape index (κ1) is 40.0. The average Bonchev–Trinajstić information content (AvgIpc) is 3.07. The van der Waals surface area contributed by atoms with Crippen LogP contribution in [0.1, 0.15) is 90.0 Å². The first-order valence-corrected chi connectivity index (χ1v) is 18.4. The molecular weight excluding hydrogens is 648 g/mol. The van der Waals surface area contributed by atoms with Crippen LogP contribution < -0.4 is 5.32 Å². The van der Waals surface area contributed by atoms with Crippen LogP contribution in [0.2, 0.25) is 0 Å². The molecule has 51 heavy (non-hydrogen) atoms. The van der Waals surface area contributed by atoms with E-state index >= 15 is 0 Å². The van der Waals surface area contributed by atoms with Gasteiger partial charge in [0.2, 0.25) is 5.91 Å². The van der Waals surface area contributed by atoms with Gasteiger partial charge in [0.15, 0.2) is 0 Å². The number of methoxy groups -OCH3 is 1. The highest BCUT2D eigenvalue weighted by Gasteiger charge is 2.43. The smallest absolute Gasteiger partial charge is 0.410 e. The van der Waals surface area contributed by atoms with Gasteiger partial charge in [-0.05, 0) is 51.5 Å². The summed E-state index contributed by atoms with van der Waals surface area (Å²) < 4.78 is 16.9. The summed E-state index contributed by atoms with van der Waals surface area (Å²) in [5.74, 6) is 0.387. The zero-order chi connectivity index (χ0) is 37.3. The first-order valence-electron chi connectivity index (χ1n) is 18.4. The Balaban J connectivity index is 1.69. The molecule has 4 rings (SSSR count). The molecule has 0 radical (unpaired) electrons. The SMILES string of the molecule is COCCCNc1nc(C(C)(C)C)ncc1C(=O)N(CC(C)C)[C@H]1C[C@@H](C(=O)N2CCOCC2Cc2ccccc2)CN(C(=O)OC(C)(C)C)C1. The molecule has 1 aromatic carbocycles. The van der Waals surface area contributed by atoms with Gasteiger partial charge < -0.3 is 34.2 Å². The summed E-state index contributed by atoms with van der Waals surface area (Å²) in [6.07, 6.45) is 2.92. The third-order valence-electron chi connectivity index (χ3n) is 9.03. The monoisotopic (exact) mass is 708 g/mol. The molecule has 12 heteroatoms. The second-order valence-corrected chi connectivity index (χ2v) is 16.3. The summed E-state index contributed by atoms with van der Waals surface area (Å²) in [5, 5.41) is 3.36. The second kappa shape index (κ2) is 17.6. The fraction of sp³-hybridized carbons (Fsp3) is 0.667. The van der Waals surface area contributed by atoms with Gasteiger partial charge in [0, 0.05) is 58.1 Å². The lowest BCUT2D eigenvalue weighted by molar-refractivity contribution is -0.146. The zero-order valence-electron chi connectivity index (χ0n) is 32.2. The number of ether oxygens (including phenoxy) is 3. The number of nitrogens with one attached hydrogen (secondary N) is 1. The fourth-order valence-electron chi connectivity index (χ4n) is 6.59. The Morgan fingerprint density at radius 1 is 1.08 bits per heavy atom. The number of rotatable bonds is 12. The number of anilines is 1. The normalized spacial score (nSPS) is 19.9. The Kier molecular flexibility index (Phi) is 13.8. The lowest BCUT2D eigenvalue weighted by Crippen LogP contribution is -2.60. The molecule has 0 aliphatic carbocycles. The molecule has 12 nitrogen and oxygen atoms in total. The number of aromatic nitrogens is 2. The van der Waals surface area contributed by atoms with Crippen LogP contribution in [0.3, 0.4) is 0 Å². The Morgan fingerprint density at radius 2 is 1.80 bits per heavy atom. The number of carbonyl (C=O) groups is 3. The molecule has 0 bridgehead atoms. The van der Waals surface area contributed by atoms with Crippen molar-refractivity contribution in [2.45, 2.75) is 97.8 Å². The third-order valence-corrected chi connectivity index (χ3v) is 9.03. The molecule has 1 aromatic heterocycles. The first-order chi connectivity index (χ1) is 24.1. The van der Waals surface area contributed by atoms with Gasteiger partial charge >= 0.3 is 6.09 Å². The molecule has 0 saturated carbocycles. The topological polar surface area (TPSA) is 126 Å². The number of carbonyl (C=O) groups excluding carboxylic acids is 3. The van der Waals surface area contributed by atoms with Crippen LogP contribution in [0.15, 0.2) is 36.5 Å². The van der Waals surface area contributed by atoms with Crippen molar-refractivity contribution in [2.75, 3.05) is 65.0 Å². The van der Waals surface area contributed by atoms with E-state index < -0.39 is 23.7 Å². The summed E-state index contributed by atoms with van der Waals surface area (Å²) in [6.45, 7) is 19.1. The maximum atomic E-state index is 14.7. The van der Waals surface area contributed by atoms with Gasteiger partial charge in [0.25, 0.3) is 5.91 Å². The van der Waals surface area contributed by atoms with Crippen LogP contribution >= 0.6 is 0 Å². The van der Waals surface area contributed by atoms with Crippen LogP contribution in [0.25, 0.3) is 0 Å². The number of hydrogen-bond acceptors (Lipinski definition) is 9. The van der Waals surface area contributed by atoms with Crippen molar-refractivity contribution in [1.82, 2.24) is 24.7 Å². The van der Waals surface area contributed by atoms with E-state index in [1.165, 1.54) is 0 Å². The van der Waals surface area contributed by atoms with E-state index in [0.29, 0.717) is 69.5 Å². The van der Waals surface area contributed by atoms with Gasteiger partial charge in [-0.1, -0.05) is 65.0 Å². The van der Waals surface area contributed by atoms with Gasteiger partial charge in [-0.25, -0.2) is 14.8 Å². The van der Waals surface area contributed by atoms with Gasteiger partial charge in [0.05, 0.1) is 31.2 Å². The number of nitrogens with zero attached hydrogens (tertiary/aromatic N) is 5.